The van der Waals surface area contributed by atoms with E-state index in [4.69, 9.17) is 14.2 Å². The number of benzene rings is 2. The van der Waals surface area contributed by atoms with Gasteiger partial charge in [0.05, 0.1) is 18.8 Å². The van der Waals surface area contributed by atoms with Gasteiger partial charge in [-0.15, -0.1) is 0 Å². The fourth-order valence-electron chi connectivity index (χ4n) is 4.79. The number of amides is 4. The first-order chi connectivity index (χ1) is 22.4. The van der Waals surface area contributed by atoms with Crippen LogP contribution in [0.4, 0.5) is 4.79 Å². The van der Waals surface area contributed by atoms with Gasteiger partial charge < -0.3 is 35.5 Å². The molecule has 4 N–H and O–H groups in total. The van der Waals surface area contributed by atoms with E-state index < -0.39 is 47.6 Å². The van der Waals surface area contributed by atoms with Crippen LogP contribution in [0.15, 0.2) is 72.8 Å². The van der Waals surface area contributed by atoms with Crippen LogP contribution >= 0.6 is 0 Å². The molecule has 3 rings (SSSR count). The van der Waals surface area contributed by atoms with Gasteiger partial charge in [0.25, 0.3) is 0 Å². The van der Waals surface area contributed by atoms with Crippen molar-refractivity contribution in [1.82, 2.24) is 21.3 Å². The Morgan fingerprint density at radius 2 is 1.53 bits per heavy atom. The number of carbonyl (C=O) groups excluding carboxylic acids is 5. The Morgan fingerprint density at radius 3 is 2.13 bits per heavy atom. The SMILES string of the molecule is CCOC(=O)C=CC(CC1CCNC1=O)NC(=O)C(Cc1ccccc1)NC(=O)C(COC(C)(C)C)NC(=O)OCc1ccccc1. The summed E-state index contributed by atoms with van der Waals surface area (Å²) < 4.78 is 16.2. The normalized spacial score (nSPS) is 16.4. The van der Waals surface area contributed by atoms with Crippen LogP contribution in [0.3, 0.4) is 0 Å². The average Bonchev–Trinajstić information content (AvgIpc) is 3.44. The minimum absolute atomic E-state index is 0.0000987. The third kappa shape index (κ3) is 13.7. The number of rotatable bonds is 16. The largest absolute Gasteiger partial charge is 0.463 e. The van der Waals surface area contributed by atoms with Crippen LogP contribution in [0.1, 0.15) is 51.7 Å². The van der Waals surface area contributed by atoms with E-state index in [0.29, 0.717) is 13.0 Å². The van der Waals surface area contributed by atoms with E-state index in [-0.39, 0.29) is 44.5 Å². The van der Waals surface area contributed by atoms with Gasteiger partial charge in [-0.1, -0.05) is 66.7 Å². The Kier molecular flexibility index (Phi) is 14.4. The number of nitrogens with one attached hydrogen (secondary N) is 4. The van der Waals surface area contributed by atoms with Crippen molar-refractivity contribution in [2.24, 2.45) is 5.92 Å². The van der Waals surface area contributed by atoms with Crippen LogP contribution in [-0.4, -0.2) is 73.3 Å². The quantitative estimate of drug-likeness (QED) is 0.159. The molecule has 4 unspecified atom stereocenters. The maximum absolute atomic E-state index is 13.8. The molecule has 1 aliphatic heterocycles. The molecular weight excluding hydrogens is 604 g/mol. The molecule has 12 nitrogen and oxygen atoms in total. The molecule has 0 saturated carbocycles. The summed E-state index contributed by atoms with van der Waals surface area (Å²) in [5.41, 5.74) is 0.926. The lowest BCUT2D eigenvalue weighted by Crippen LogP contribution is -2.57. The highest BCUT2D eigenvalue weighted by Gasteiger charge is 2.32. The molecule has 1 saturated heterocycles. The standard InChI is InChI=1S/C35H46N4O8/c1-5-45-30(40)17-16-27(21-26-18-19-36-31(26)41)37-32(42)28(20-24-12-8-6-9-13-24)38-33(43)29(23-47-35(2,3)4)39-34(44)46-22-25-14-10-7-11-15-25/h6-17,26-29H,5,18-23H2,1-4H3,(H,36,41)(H,37,42)(H,38,43)(H,39,44). The van der Waals surface area contributed by atoms with E-state index in [0.717, 1.165) is 11.1 Å². The van der Waals surface area contributed by atoms with Gasteiger partial charge in [0, 0.05) is 31.0 Å². The van der Waals surface area contributed by atoms with Crippen molar-refractivity contribution in [3.63, 3.8) is 0 Å². The van der Waals surface area contributed by atoms with Gasteiger partial charge in [-0.2, -0.15) is 0 Å². The lowest BCUT2D eigenvalue weighted by molar-refractivity contribution is -0.137. The fourth-order valence-corrected chi connectivity index (χ4v) is 4.79. The average molecular weight is 651 g/mol. The second kappa shape index (κ2) is 18.4. The zero-order valence-electron chi connectivity index (χ0n) is 27.5. The van der Waals surface area contributed by atoms with E-state index in [1.54, 1.807) is 19.1 Å². The van der Waals surface area contributed by atoms with Gasteiger partial charge >= 0.3 is 12.1 Å². The minimum atomic E-state index is -1.19. The topological polar surface area (TPSA) is 161 Å². The summed E-state index contributed by atoms with van der Waals surface area (Å²) in [6.07, 6.45) is 2.85. The third-order valence-electron chi connectivity index (χ3n) is 7.20. The number of ether oxygens (including phenoxy) is 3. The number of alkyl carbamates (subject to hydrolysis) is 1. The number of hydrogen-bond donors (Lipinski definition) is 4. The Hall–Kier alpha value is -4.71. The Labute approximate surface area is 276 Å². The molecule has 4 atom stereocenters. The predicted octanol–water partition coefficient (Wildman–Crippen LogP) is 2.95. The third-order valence-corrected chi connectivity index (χ3v) is 7.20. The van der Waals surface area contributed by atoms with E-state index in [1.807, 2.05) is 69.3 Å². The van der Waals surface area contributed by atoms with Gasteiger partial charge in [-0.3, -0.25) is 14.4 Å². The highest BCUT2D eigenvalue weighted by Crippen LogP contribution is 2.17. The monoisotopic (exact) mass is 650 g/mol. The van der Waals surface area contributed by atoms with Crippen molar-refractivity contribution in [2.45, 2.75) is 77.3 Å². The molecule has 47 heavy (non-hydrogen) atoms. The molecule has 0 spiro atoms. The summed E-state index contributed by atoms with van der Waals surface area (Å²) in [4.78, 5) is 64.7. The maximum atomic E-state index is 13.8. The number of carbonyl (C=O) groups is 5. The molecule has 0 aliphatic carbocycles. The van der Waals surface area contributed by atoms with Crippen LogP contribution in [0.2, 0.25) is 0 Å². The molecule has 1 aliphatic rings. The lowest BCUT2D eigenvalue weighted by Gasteiger charge is -2.27. The van der Waals surface area contributed by atoms with Crippen LogP contribution in [0.5, 0.6) is 0 Å². The van der Waals surface area contributed by atoms with Crippen molar-refractivity contribution in [1.29, 1.82) is 0 Å². The summed E-state index contributed by atoms with van der Waals surface area (Å²) in [6, 6.07) is 15.3. The lowest BCUT2D eigenvalue weighted by atomic mass is 9.97. The summed E-state index contributed by atoms with van der Waals surface area (Å²) in [5.74, 6) is -2.27. The molecule has 12 heteroatoms. The number of esters is 1. The first-order valence-electron chi connectivity index (χ1n) is 15.8. The first-order valence-corrected chi connectivity index (χ1v) is 15.8. The van der Waals surface area contributed by atoms with Gasteiger partial charge in [-0.05, 0) is 51.7 Å². The molecule has 4 amide bonds. The molecule has 2 aromatic carbocycles. The smallest absolute Gasteiger partial charge is 0.408 e. The second-order valence-corrected chi connectivity index (χ2v) is 12.2. The molecule has 1 heterocycles. The molecule has 2 aromatic rings. The van der Waals surface area contributed by atoms with Crippen molar-refractivity contribution in [3.8, 4) is 0 Å². The molecule has 1 fully saturated rings. The molecular formula is C35H46N4O8. The summed E-state index contributed by atoms with van der Waals surface area (Å²) in [7, 11) is 0. The fraction of sp³-hybridized carbons (Fsp3) is 0.457. The highest BCUT2D eigenvalue weighted by atomic mass is 16.6. The summed E-state index contributed by atoms with van der Waals surface area (Å²) >= 11 is 0. The first kappa shape index (κ1) is 36.8. The summed E-state index contributed by atoms with van der Waals surface area (Å²) in [5, 5.41) is 11.0. The van der Waals surface area contributed by atoms with Gasteiger partial charge in [0.2, 0.25) is 17.7 Å². The van der Waals surface area contributed by atoms with Crippen LogP contribution < -0.4 is 21.3 Å². The summed E-state index contributed by atoms with van der Waals surface area (Å²) in [6.45, 7) is 7.66. The Morgan fingerprint density at radius 1 is 0.894 bits per heavy atom. The van der Waals surface area contributed by atoms with Gasteiger partial charge in [0.1, 0.15) is 18.7 Å². The zero-order chi connectivity index (χ0) is 34.2. The Balaban J connectivity index is 1.79. The predicted molar refractivity (Wildman–Crippen MR) is 175 cm³/mol. The van der Waals surface area contributed by atoms with Crippen molar-refractivity contribution < 1.29 is 38.2 Å². The van der Waals surface area contributed by atoms with E-state index in [2.05, 4.69) is 21.3 Å². The zero-order valence-corrected chi connectivity index (χ0v) is 27.5. The van der Waals surface area contributed by atoms with E-state index in [9.17, 15) is 24.0 Å². The van der Waals surface area contributed by atoms with Gasteiger partial charge in [0.15, 0.2) is 0 Å². The molecule has 254 valence electrons. The van der Waals surface area contributed by atoms with Crippen LogP contribution in [0, 0.1) is 5.92 Å². The minimum Gasteiger partial charge on any atom is -0.463 e. The Bertz CT molecular complexity index is 1360. The van der Waals surface area contributed by atoms with Crippen molar-refractivity contribution in [2.75, 3.05) is 19.8 Å². The highest BCUT2D eigenvalue weighted by molar-refractivity contribution is 5.92. The molecule has 0 radical (unpaired) electrons. The molecule has 0 bridgehead atoms. The van der Waals surface area contributed by atoms with Crippen molar-refractivity contribution in [3.05, 3.63) is 83.9 Å². The van der Waals surface area contributed by atoms with Crippen LogP contribution in [-0.2, 0) is 46.4 Å². The number of hydrogen-bond acceptors (Lipinski definition) is 8. The van der Waals surface area contributed by atoms with Crippen LogP contribution in [0.25, 0.3) is 0 Å². The maximum Gasteiger partial charge on any atom is 0.408 e. The van der Waals surface area contributed by atoms with Gasteiger partial charge in [-0.25, -0.2) is 9.59 Å². The molecule has 0 aromatic heterocycles. The van der Waals surface area contributed by atoms with Crippen molar-refractivity contribution >= 4 is 29.8 Å². The van der Waals surface area contributed by atoms with E-state index in [1.165, 1.54) is 12.2 Å². The van der Waals surface area contributed by atoms with E-state index >= 15 is 0 Å². The second-order valence-electron chi connectivity index (χ2n) is 12.2.